The summed E-state index contributed by atoms with van der Waals surface area (Å²) in [5.74, 6) is 0. The van der Waals surface area contributed by atoms with Crippen LogP contribution in [0.5, 0.6) is 0 Å². The van der Waals surface area contributed by atoms with E-state index in [1.807, 2.05) is 30.3 Å². The van der Waals surface area contributed by atoms with Crippen LogP contribution in [0.2, 0.25) is 12.6 Å². The van der Waals surface area contributed by atoms with Crippen LogP contribution in [0.1, 0.15) is 19.4 Å². The molecule has 74 valence electrons. The fraction of sp³-hybridized carbons (Fsp3) is 0.364. The Balaban J connectivity index is 2.41. The zero-order valence-corrected chi connectivity index (χ0v) is 8.81. The molecule has 0 N–H and O–H groups in total. The monoisotopic (exact) mass is 189 g/mol. The quantitative estimate of drug-likeness (QED) is 0.396. The molecule has 0 saturated carbocycles. The van der Waals surface area contributed by atoms with Crippen molar-refractivity contribution in [2.24, 2.45) is 5.16 Å². The predicted molar refractivity (Wildman–Crippen MR) is 61.8 cm³/mol. The van der Waals surface area contributed by atoms with Gasteiger partial charge in [0, 0.05) is 0 Å². The molecule has 1 rings (SSSR count). The molecule has 0 aliphatic heterocycles. The third-order valence-electron chi connectivity index (χ3n) is 2.12. The van der Waals surface area contributed by atoms with Gasteiger partial charge in [-0.15, -0.1) is 5.16 Å². The molecule has 0 spiro atoms. The molecule has 0 aromatic heterocycles. The van der Waals surface area contributed by atoms with Gasteiger partial charge in [-0.2, -0.15) is 0 Å². The van der Waals surface area contributed by atoms with E-state index >= 15 is 0 Å². The fourth-order valence-corrected chi connectivity index (χ4v) is 1.15. The van der Waals surface area contributed by atoms with Crippen molar-refractivity contribution in [1.82, 2.24) is 0 Å². The number of rotatable bonds is 5. The van der Waals surface area contributed by atoms with Crippen molar-refractivity contribution in [2.45, 2.75) is 26.5 Å². The van der Waals surface area contributed by atoms with Crippen molar-refractivity contribution >= 4 is 13.1 Å². The maximum absolute atomic E-state index is 5.31. The van der Waals surface area contributed by atoms with E-state index in [9.17, 15) is 0 Å². The first-order valence-corrected chi connectivity index (χ1v) is 5.11. The van der Waals surface area contributed by atoms with Crippen molar-refractivity contribution < 1.29 is 4.76 Å². The van der Waals surface area contributed by atoms with E-state index in [2.05, 4.69) is 19.0 Å². The average Bonchev–Trinajstić information content (AvgIpc) is 2.26. The van der Waals surface area contributed by atoms with E-state index in [0.29, 0.717) is 0 Å². The molecule has 0 aliphatic rings. The van der Waals surface area contributed by atoms with Crippen molar-refractivity contribution in [1.29, 1.82) is 0 Å². The number of benzene rings is 1. The maximum Gasteiger partial charge on any atom is 0.393 e. The highest BCUT2D eigenvalue weighted by molar-refractivity contribution is 6.51. The summed E-state index contributed by atoms with van der Waals surface area (Å²) in [5, 5.41) is 3.96. The first-order valence-electron chi connectivity index (χ1n) is 5.11. The van der Waals surface area contributed by atoms with Crippen LogP contribution in [0.4, 0.5) is 0 Å². The van der Waals surface area contributed by atoms with Crippen LogP contribution in [0.15, 0.2) is 35.5 Å². The largest absolute Gasteiger partial charge is 0.470 e. The van der Waals surface area contributed by atoms with Gasteiger partial charge < -0.3 is 4.76 Å². The maximum atomic E-state index is 5.31. The minimum absolute atomic E-state index is 0.245. The molecule has 0 saturated heterocycles. The van der Waals surface area contributed by atoms with Gasteiger partial charge in [-0.05, 0) is 18.2 Å². The summed E-state index contributed by atoms with van der Waals surface area (Å²) in [6, 6.07) is 9.95. The van der Waals surface area contributed by atoms with Crippen molar-refractivity contribution in [3.05, 3.63) is 35.9 Å². The molecule has 2 nitrogen and oxygen atoms in total. The smallest absolute Gasteiger partial charge is 0.393 e. The SMILES string of the molecule is CCB(CC)O/N=C\c1ccccc1. The van der Waals surface area contributed by atoms with Crippen LogP contribution >= 0.6 is 0 Å². The van der Waals surface area contributed by atoms with Gasteiger partial charge >= 0.3 is 6.92 Å². The third-order valence-corrected chi connectivity index (χ3v) is 2.12. The summed E-state index contributed by atoms with van der Waals surface area (Å²) >= 11 is 0. The van der Waals surface area contributed by atoms with Crippen LogP contribution in [0, 0.1) is 0 Å². The number of hydrogen-bond acceptors (Lipinski definition) is 2. The van der Waals surface area contributed by atoms with Gasteiger partial charge in [0.2, 0.25) is 0 Å². The van der Waals surface area contributed by atoms with Gasteiger partial charge in [-0.25, -0.2) is 0 Å². The van der Waals surface area contributed by atoms with E-state index in [4.69, 9.17) is 4.76 Å². The fourth-order valence-electron chi connectivity index (χ4n) is 1.15. The molecule has 0 unspecified atom stereocenters. The molecular formula is C11H16BNO. The lowest BCUT2D eigenvalue weighted by molar-refractivity contribution is 0.346. The Bertz CT molecular complexity index is 270. The molecule has 0 fully saturated rings. The molecule has 0 atom stereocenters. The van der Waals surface area contributed by atoms with Crippen molar-refractivity contribution in [3.8, 4) is 0 Å². The number of oxime groups is 1. The van der Waals surface area contributed by atoms with E-state index in [1.165, 1.54) is 0 Å². The Morgan fingerprint density at radius 3 is 2.43 bits per heavy atom. The number of hydrogen-bond donors (Lipinski definition) is 0. The molecule has 14 heavy (non-hydrogen) atoms. The first-order chi connectivity index (χ1) is 6.86. The Kier molecular flexibility index (Phi) is 4.83. The van der Waals surface area contributed by atoms with Gasteiger partial charge in [-0.3, -0.25) is 0 Å². The van der Waals surface area contributed by atoms with Gasteiger partial charge in [0.1, 0.15) is 0 Å². The average molecular weight is 189 g/mol. The number of nitrogens with zero attached hydrogens (tertiary/aromatic N) is 1. The summed E-state index contributed by atoms with van der Waals surface area (Å²) in [6.45, 7) is 4.45. The summed E-state index contributed by atoms with van der Waals surface area (Å²) in [6.07, 6.45) is 3.75. The lowest BCUT2D eigenvalue weighted by Gasteiger charge is -2.04. The van der Waals surface area contributed by atoms with Gasteiger partial charge in [-0.1, -0.05) is 44.2 Å². The van der Waals surface area contributed by atoms with Crippen molar-refractivity contribution in [3.63, 3.8) is 0 Å². The Labute approximate surface area is 86.1 Å². The second-order valence-corrected chi connectivity index (χ2v) is 3.19. The van der Waals surface area contributed by atoms with E-state index in [1.54, 1.807) is 6.21 Å². The topological polar surface area (TPSA) is 21.6 Å². The molecule has 3 heteroatoms. The lowest BCUT2D eigenvalue weighted by atomic mass is 9.63. The van der Waals surface area contributed by atoms with Gasteiger partial charge in [0.25, 0.3) is 0 Å². The Hall–Kier alpha value is -1.25. The standard InChI is InChI=1S/C11H16BNO/c1-3-12(4-2)14-13-10-11-8-6-5-7-9-11/h5-10H,3-4H2,1-2H3/b13-10-. The second kappa shape index (κ2) is 6.25. The molecule has 0 bridgehead atoms. The lowest BCUT2D eigenvalue weighted by Crippen LogP contribution is -2.11. The summed E-state index contributed by atoms with van der Waals surface area (Å²) in [7, 11) is 0. The highest BCUT2D eigenvalue weighted by Gasteiger charge is 2.10. The Morgan fingerprint density at radius 1 is 1.21 bits per heavy atom. The zero-order valence-electron chi connectivity index (χ0n) is 8.81. The molecule has 0 aliphatic carbocycles. The Morgan fingerprint density at radius 2 is 1.86 bits per heavy atom. The highest BCUT2D eigenvalue weighted by Crippen LogP contribution is 2.01. The molecule has 0 amide bonds. The summed E-state index contributed by atoms with van der Waals surface area (Å²) in [4.78, 5) is 0. The van der Waals surface area contributed by atoms with Crippen molar-refractivity contribution in [2.75, 3.05) is 0 Å². The van der Waals surface area contributed by atoms with Crippen LogP contribution in [-0.2, 0) is 4.76 Å². The normalized spacial score (nSPS) is 10.4. The van der Waals surface area contributed by atoms with Crippen LogP contribution < -0.4 is 0 Å². The van der Waals surface area contributed by atoms with E-state index in [0.717, 1.165) is 18.2 Å². The molecule has 1 aromatic rings. The minimum Gasteiger partial charge on any atom is -0.470 e. The van der Waals surface area contributed by atoms with E-state index in [-0.39, 0.29) is 6.92 Å². The zero-order chi connectivity index (χ0) is 10.2. The van der Waals surface area contributed by atoms with Crippen LogP contribution in [0.25, 0.3) is 0 Å². The molecule has 0 radical (unpaired) electrons. The summed E-state index contributed by atoms with van der Waals surface area (Å²) < 4.78 is 5.31. The minimum atomic E-state index is 0.245. The molecule has 0 heterocycles. The highest BCUT2D eigenvalue weighted by atomic mass is 16.6. The van der Waals surface area contributed by atoms with Crippen LogP contribution in [-0.4, -0.2) is 13.1 Å². The predicted octanol–water partition coefficient (Wildman–Crippen LogP) is 3.07. The molecule has 1 aromatic carbocycles. The first kappa shape index (κ1) is 10.8. The molecular weight excluding hydrogens is 173 g/mol. The van der Waals surface area contributed by atoms with Gasteiger partial charge in [0.15, 0.2) is 0 Å². The second-order valence-electron chi connectivity index (χ2n) is 3.19. The summed E-state index contributed by atoms with van der Waals surface area (Å²) in [5.41, 5.74) is 1.07. The third kappa shape index (κ3) is 3.65. The van der Waals surface area contributed by atoms with Crippen LogP contribution in [0.3, 0.4) is 0 Å². The van der Waals surface area contributed by atoms with E-state index < -0.39 is 0 Å². The van der Waals surface area contributed by atoms with Gasteiger partial charge in [0.05, 0.1) is 6.21 Å².